The summed E-state index contributed by atoms with van der Waals surface area (Å²) in [5.74, 6) is -0.349. The molecule has 1 aliphatic carbocycles. The topological polar surface area (TPSA) is 118 Å². The van der Waals surface area contributed by atoms with Gasteiger partial charge in [0.05, 0.1) is 17.2 Å². The minimum atomic E-state index is -0.971. The van der Waals surface area contributed by atoms with Gasteiger partial charge < -0.3 is 9.67 Å². The summed E-state index contributed by atoms with van der Waals surface area (Å²) >= 11 is 0. The Morgan fingerprint density at radius 3 is 2.56 bits per heavy atom. The molecule has 1 aliphatic rings. The average molecular weight is 485 g/mol. The first-order valence-electron chi connectivity index (χ1n) is 12.3. The van der Waals surface area contributed by atoms with Crippen LogP contribution in [0, 0.1) is 0 Å². The molecule has 0 amide bonds. The van der Waals surface area contributed by atoms with Crippen molar-refractivity contribution in [1.29, 1.82) is 0 Å². The van der Waals surface area contributed by atoms with Gasteiger partial charge in [-0.3, -0.25) is 9.59 Å². The predicted molar refractivity (Wildman–Crippen MR) is 136 cm³/mol. The van der Waals surface area contributed by atoms with Crippen LogP contribution in [0.15, 0.2) is 53.3 Å². The van der Waals surface area contributed by atoms with Crippen molar-refractivity contribution in [1.82, 2.24) is 19.7 Å². The molecule has 2 heterocycles. The van der Waals surface area contributed by atoms with Crippen molar-refractivity contribution in [2.75, 3.05) is 0 Å². The standard InChI is InChI=1S/C28H28N4O4/c1-16(2)26-29-24-23(21-9-5-6-10-22(21)33)30-31-27(34)25(24)32(26)15-17-11-13-18(14-12-17)19-7-3-4-8-20(19)28(35)36/h3-4,7-8,11-14,16,21H,5-6,9-10,15H2,1-2H3,(H,31,34)(H,35,36). The van der Waals surface area contributed by atoms with Crippen LogP contribution < -0.4 is 5.56 Å². The molecule has 1 fully saturated rings. The summed E-state index contributed by atoms with van der Waals surface area (Å²) in [5.41, 5.74) is 3.82. The number of nitrogens with one attached hydrogen (secondary N) is 1. The first-order valence-corrected chi connectivity index (χ1v) is 12.3. The summed E-state index contributed by atoms with van der Waals surface area (Å²) in [6.45, 7) is 4.46. The van der Waals surface area contributed by atoms with Crippen LogP contribution >= 0.6 is 0 Å². The van der Waals surface area contributed by atoms with Gasteiger partial charge in [-0.15, -0.1) is 0 Å². The lowest BCUT2D eigenvalue weighted by atomic mass is 9.85. The van der Waals surface area contributed by atoms with E-state index >= 15 is 0 Å². The molecular weight excluding hydrogens is 456 g/mol. The molecule has 0 radical (unpaired) electrons. The number of nitrogens with zero attached hydrogens (tertiary/aromatic N) is 3. The number of hydrogen-bond acceptors (Lipinski definition) is 5. The summed E-state index contributed by atoms with van der Waals surface area (Å²) in [5, 5.41) is 16.4. The lowest BCUT2D eigenvalue weighted by Gasteiger charge is -2.19. The predicted octanol–water partition coefficient (Wildman–Crippen LogP) is 4.88. The summed E-state index contributed by atoms with van der Waals surface area (Å²) in [7, 11) is 0. The number of fused-ring (bicyclic) bond motifs is 1. The van der Waals surface area contributed by atoms with Crippen molar-refractivity contribution in [3.63, 3.8) is 0 Å². The van der Waals surface area contributed by atoms with Gasteiger partial charge in [0.25, 0.3) is 5.56 Å². The number of carbonyl (C=O) groups excluding carboxylic acids is 1. The summed E-state index contributed by atoms with van der Waals surface area (Å²) < 4.78 is 1.91. The molecule has 8 heteroatoms. The Morgan fingerprint density at radius 2 is 1.86 bits per heavy atom. The van der Waals surface area contributed by atoms with Crippen molar-refractivity contribution in [2.24, 2.45) is 0 Å². The zero-order valence-electron chi connectivity index (χ0n) is 20.3. The summed E-state index contributed by atoms with van der Waals surface area (Å²) in [4.78, 5) is 42.1. The highest BCUT2D eigenvalue weighted by Gasteiger charge is 2.30. The van der Waals surface area contributed by atoms with E-state index < -0.39 is 5.97 Å². The van der Waals surface area contributed by atoms with Gasteiger partial charge in [-0.2, -0.15) is 5.10 Å². The van der Waals surface area contributed by atoms with Crippen LogP contribution in [0.25, 0.3) is 22.2 Å². The second-order valence-corrected chi connectivity index (χ2v) is 9.66. The van der Waals surface area contributed by atoms with Crippen LogP contribution in [-0.2, 0) is 11.3 Å². The highest BCUT2D eigenvalue weighted by Crippen LogP contribution is 2.33. The van der Waals surface area contributed by atoms with Crippen molar-refractivity contribution in [3.05, 3.63) is 81.5 Å². The highest BCUT2D eigenvalue weighted by molar-refractivity contribution is 5.96. The molecule has 2 N–H and O–H groups in total. The average Bonchev–Trinajstić information content (AvgIpc) is 3.26. The van der Waals surface area contributed by atoms with E-state index in [9.17, 15) is 19.5 Å². The van der Waals surface area contributed by atoms with E-state index in [1.807, 2.05) is 48.7 Å². The van der Waals surface area contributed by atoms with Gasteiger partial charge >= 0.3 is 5.97 Å². The Bertz CT molecular complexity index is 1520. The maximum Gasteiger partial charge on any atom is 0.336 e. The number of imidazole rings is 1. The van der Waals surface area contributed by atoms with E-state index in [4.69, 9.17) is 4.98 Å². The number of hydrogen-bond donors (Lipinski definition) is 2. The summed E-state index contributed by atoms with van der Waals surface area (Å²) in [6.07, 6.45) is 3.09. The Hall–Kier alpha value is -4.07. The van der Waals surface area contributed by atoms with E-state index in [2.05, 4.69) is 10.2 Å². The molecule has 36 heavy (non-hydrogen) atoms. The van der Waals surface area contributed by atoms with Gasteiger partial charge in [-0.05, 0) is 35.6 Å². The first-order chi connectivity index (χ1) is 17.3. The maximum absolute atomic E-state index is 13.0. The Labute approximate surface area is 208 Å². The fourth-order valence-electron chi connectivity index (χ4n) is 5.11. The third-order valence-electron chi connectivity index (χ3n) is 6.90. The van der Waals surface area contributed by atoms with Gasteiger partial charge in [0.15, 0.2) is 0 Å². The van der Waals surface area contributed by atoms with E-state index in [1.165, 1.54) is 0 Å². The number of H-pyrrole nitrogens is 1. The number of rotatable bonds is 6. The summed E-state index contributed by atoms with van der Waals surface area (Å²) in [6, 6.07) is 14.6. The van der Waals surface area contributed by atoms with E-state index in [0.29, 0.717) is 35.3 Å². The molecule has 1 atom stereocenters. The number of carbonyl (C=O) groups is 2. The smallest absolute Gasteiger partial charge is 0.336 e. The van der Waals surface area contributed by atoms with Crippen molar-refractivity contribution < 1.29 is 14.7 Å². The first kappa shape index (κ1) is 23.7. The largest absolute Gasteiger partial charge is 0.478 e. The van der Waals surface area contributed by atoms with E-state index in [1.54, 1.807) is 18.2 Å². The van der Waals surface area contributed by atoms with Crippen LogP contribution in [0.5, 0.6) is 0 Å². The van der Waals surface area contributed by atoms with Gasteiger partial charge in [0.2, 0.25) is 0 Å². The molecule has 1 saturated carbocycles. The van der Waals surface area contributed by atoms with Gasteiger partial charge in [0, 0.05) is 18.9 Å². The maximum atomic E-state index is 13.0. The minimum absolute atomic E-state index is 0.0495. The molecule has 184 valence electrons. The Morgan fingerprint density at radius 1 is 1.11 bits per heavy atom. The van der Waals surface area contributed by atoms with Crippen molar-refractivity contribution in [2.45, 2.75) is 57.9 Å². The fraction of sp³-hybridized carbons (Fsp3) is 0.321. The minimum Gasteiger partial charge on any atom is -0.478 e. The molecule has 4 aromatic rings. The number of carboxylic acid groups (broad SMARTS) is 1. The lowest BCUT2D eigenvalue weighted by Crippen LogP contribution is -2.22. The van der Waals surface area contributed by atoms with Gasteiger partial charge in [0.1, 0.15) is 22.6 Å². The molecule has 8 nitrogen and oxygen atoms in total. The quantitative estimate of drug-likeness (QED) is 0.403. The number of Topliss-reactive ketones (excluding diaryl/α,β-unsaturated/α-hetero) is 1. The molecule has 2 aromatic carbocycles. The number of aromatic carboxylic acids is 1. The second kappa shape index (κ2) is 9.53. The van der Waals surface area contributed by atoms with E-state index in [-0.39, 0.29) is 28.7 Å². The van der Waals surface area contributed by atoms with Crippen LogP contribution in [0.3, 0.4) is 0 Å². The number of carboxylic acids is 1. The molecule has 0 saturated heterocycles. The zero-order valence-corrected chi connectivity index (χ0v) is 20.3. The number of ketones is 1. The molecule has 0 bridgehead atoms. The number of benzene rings is 2. The van der Waals surface area contributed by atoms with Crippen molar-refractivity contribution in [3.8, 4) is 11.1 Å². The van der Waals surface area contributed by atoms with Crippen LogP contribution in [0.4, 0.5) is 0 Å². The SMILES string of the molecule is CC(C)c1nc2c(C3CCCCC3=O)n[nH]c(=O)c2n1Cc1ccc(-c2ccccc2C(=O)O)cc1. The number of aromatic nitrogens is 4. The van der Waals surface area contributed by atoms with Crippen LogP contribution in [0.1, 0.15) is 78.8 Å². The number of aromatic amines is 1. The third-order valence-corrected chi connectivity index (χ3v) is 6.90. The molecule has 2 aromatic heterocycles. The van der Waals surface area contributed by atoms with Crippen LogP contribution in [-0.4, -0.2) is 36.6 Å². The van der Waals surface area contributed by atoms with Gasteiger partial charge in [-0.1, -0.05) is 62.7 Å². The third kappa shape index (κ3) is 4.23. The van der Waals surface area contributed by atoms with E-state index in [0.717, 1.165) is 36.2 Å². The fourth-order valence-corrected chi connectivity index (χ4v) is 5.11. The Kier molecular flexibility index (Phi) is 6.26. The molecule has 0 aliphatic heterocycles. The monoisotopic (exact) mass is 484 g/mol. The normalized spacial score (nSPS) is 16.1. The molecular formula is C28H28N4O4. The Balaban J connectivity index is 1.56. The zero-order chi connectivity index (χ0) is 25.4. The molecule has 5 rings (SSSR count). The van der Waals surface area contributed by atoms with Crippen LogP contribution in [0.2, 0.25) is 0 Å². The molecule has 1 unspecified atom stereocenters. The molecule has 0 spiro atoms. The highest BCUT2D eigenvalue weighted by atomic mass is 16.4. The second-order valence-electron chi connectivity index (χ2n) is 9.66. The van der Waals surface area contributed by atoms with Gasteiger partial charge in [-0.25, -0.2) is 14.9 Å². The lowest BCUT2D eigenvalue weighted by molar-refractivity contribution is -0.121. The van der Waals surface area contributed by atoms with Crippen molar-refractivity contribution >= 4 is 22.8 Å².